The fraction of sp³-hybridized carbons (Fsp3) is 0.692. The second-order valence-electron chi connectivity index (χ2n) is 5.40. The van der Waals surface area contributed by atoms with E-state index >= 15 is 0 Å². The molecule has 1 aromatic rings. The number of hydrogen-bond donors (Lipinski definition) is 2. The highest BCUT2D eigenvalue weighted by Gasteiger charge is 2.24. The van der Waals surface area contributed by atoms with Gasteiger partial charge in [0.25, 0.3) is 0 Å². The molecule has 1 amide bonds. The Balaban J connectivity index is 1.90. The van der Waals surface area contributed by atoms with Gasteiger partial charge in [-0.05, 0) is 39.5 Å². The molecule has 0 unspecified atom stereocenters. The average molecular weight is 250 g/mol. The van der Waals surface area contributed by atoms with Crippen molar-refractivity contribution in [1.29, 1.82) is 0 Å². The smallest absolute Gasteiger partial charge is 0.227 e. The van der Waals surface area contributed by atoms with Crippen molar-refractivity contribution in [2.24, 2.45) is 11.7 Å². The summed E-state index contributed by atoms with van der Waals surface area (Å²) in [5.41, 5.74) is 6.62. The molecule has 1 saturated carbocycles. The fourth-order valence-electron chi connectivity index (χ4n) is 2.31. The van der Waals surface area contributed by atoms with E-state index in [-0.39, 0.29) is 17.9 Å². The summed E-state index contributed by atoms with van der Waals surface area (Å²) in [4.78, 5) is 12.1. The second kappa shape index (κ2) is 5.52. The predicted molar refractivity (Wildman–Crippen MR) is 71.2 cm³/mol. The maximum atomic E-state index is 12.1. The van der Waals surface area contributed by atoms with Crippen LogP contribution in [0.15, 0.2) is 12.4 Å². The van der Waals surface area contributed by atoms with Gasteiger partial charge >= 0.3 is 0 Å². The van der Waals surface area contributed by atoms with E-state index in [9.17, 15) is 4.79 Å². The van der Waals surface area contributed by atoms with Gasteiger partial charge in [0.05, 0.1) is 11.9 Å². The monoisotopic (exact) mass is 250 g/mol. The van der Waals surface area contributed by atoms with Gasteiger partial charge in [0.15, 0.2) is 0 Å². The molecule has 0 aromatic carbocycles. The van der Waals surface area contributed by atoms with Crippen molar-refractivity contribution in [3.63, 3.8) is 0 Å². The van der Waals surface area contributed by atoms with E-state index in [1.54, 1.807) is 6.20 Å². The first-order valence-corrected chi connectivity index (χ1v) is 6.67. The summed E-state index contributed by atoms with van der Waals surface area (Å²) < 4.78 is 1.84. The van der Waals surface area contributed by atoms with Crippen LogP contribution in [-0.2, 0) is 4.79 Å². The van der Waals surface area contributed by atoms with E-state index in [4.69, 9.17) is 5.73 Å². The average Bonchev–Trinajstić information content (AvgIpc) is 2.78. The number of carbonyl (C=O) groups is 1. The number of amides is 1. The van der Waals surface area contributed by atoms with Crippen LogP contribution in [0.1, 0.15) is 45.6 Å². The van der Waals surface area contributed by atoms with Crippen molar-refractivity contribution in [2.75, 3.05) is 5.32 Å². The summed E-state index contributed by atoms with van der Waals surface area (Å²) in [7, 11) is 0. The van der Waals surface area contributed by atoms with Crippen molar-refractivity contribution in [3.8, 4) is 0 Å². The first-order valence-electron chi connectivity index (χ1n) is 6.67. The molecule has 0 bridgehead atoms. The van der Waals surface area contributed by atoms with Gasteiger partial charge in [-0.25, -0.2) is 0 Å². The second-order valence-corrected chi connectivity index (χ2v) is 5.40. The highest BCUT2D eigenvalue weighted by atomic mass is 16.1. The van der Waals surface area contributed by atoms with Gasteiger partial charge in [-0.2, -0.15) is 5.10 Å². The van der Waals surface area contributed by atoms with Crippen LogP contribution in [0.2, 0.25) is 0 Å². The summed E-state index contributed by atoms with van der Waals surface area (Å²) in [6.07, 6.45) is 7.26. The quantitative estimate of drug-likeness (QED) is 0.860. The van der Waals surface area contributed by atoms with Crippen LogP contribution in [0, 0.1) is 5.92 Å². The molecule has 1 aliphatic rings. The Morgan fingerprint density at radius 1 is 1.44 bits per heavy atom. The predicted octanol–water partition coefficient (Wildman–Crippen LogP) is 1.92. The molecule has 2 rings (SSSR count). The SMILES string of the molecule is CC(C)n1cc(NC(=O)C2CCC(N)CC2)cn1. The molecule has 3 N–H and O–H groups in total. The molecule has 0 atom stereocenters. The Labute approximate surface area is 108 Å². The maximum Gasteiger partial charge on any atom is 0.227 e. The number of nitrogens with zero attached hydrogens (tertiary/aromatic N) is 2. The van der Waals surface area contributed by atoms with Gasteiger partial charge in [0.1, 0.15) is 0 Å². The van der Waals surface area contributed by atoms with Crippen LogP contribution in [-0.4, -0.2) is 21.7 Å². The lowest BCUT2D eigenvalue weighted by atomic mass is 9.86. The number of rotatable bonds is 3. The van der Waals surface area contributed by atoms with Crippen molar-refractivity contribution in [1.82, 2.24) is 9.78 Å². The minimum atomic E-state index is 0.102. The zero-order valence-corrected chi connectivity index (χ0v) is 11.1. The third kappa shape index (κ3) is 3.10. The van der Waals surface area contributed by atoms with E-state index in [1.165, 1.54) is 0 Å². The molecule has 18 heavy (non-hydrogen) atoms. The molecule has 1 aliphatic carbocycles. The standard InChI is InChI=1S/C13H22N4O/c1-9(2)17-8-12(7-15-17)16-13(18)10-3-5-11(14)6-4-10/h7-11H,3-6,14H2,1-2H3,(H,16,18). The number of nitrogens with one attached hydrogen (secondary N) is 1. The first-order chi connectivity index (χ1) is 8.56. The van der Waals surface area contributed by atoms with Gasteiger partial charge < -0.3 is 11.1 Å². The number of hydrogen-bond acceptors (Lipinski definition) is 3. The summed E-state index contributed by atoms with van der Waals surface area (Å²) in [5, 5.41) is 7.15. The Morgan fingerprint density at radius 2 is 2.11 bits per heavy atom. The minimum absolute atomic E-state index is 0.102. The molecule has 0 spiro atoms. The van der Waals surface area contributed by atoms with Crippen LogP contribution in [0.5, 0.6) is 0 Å². The van der Waals surface area contributed by atoms with Gasteiger partial charge in [-0.3, -0.25) is 9.48 Å². The zero-order chi connectivity index (χ0) is 13.1. The highest BCUT2D eigenvalue weighted by molar-refractivity contribution is 5.92. The van der Waals surface area contributed by atoms with Crippen LogP contribution in [0.25, 0.3) is 0 Å². The molecule has 1 fully saturated rings. The van der Waals surface area contributed by atoms with E-state index in [0.29, 0.717) is 6.04 Å². The molecule has 1 heterocycles. The Kier molecular flexibility index (Phi) is 4.01. The number of aromatic nitrogens is 2. The third-order valence-corrected chi connectivity index (χ3v) is 3.54. The van der Waals surface area contributed by atoms with Crippen LogP contribution >= 0.6 is 0 Å². The van der Waals surface area contributed by atoms with Crippen LogP contribution < -0.4 is 11.1 Å². The van der Waals surface area contributed by atoms with E-state index < -0.39 is 0 Å². The fourth-order valence-corrected chi connectivity index (χ4v) is 2.31. The number of carbonyl (C=O) groups excluding carboxylic acids is 1. The normalized spacial score (nSPS) is 24.2. The molecule has 0 aliphatic heterocycles. The molecular formula is C13H22N4O. The van der Waals surface area contributed by atoms with Crippen molar-refractivity contribution < 1.29 is 4.79 Å². The molecule has 100 valence electrons. The van der Waals surface area contributed by atoms with Gasteiger partial charge in [-0.1, -0.05) is 0 Å². The van der Waals surface area contributed by atoms with E-state index in [0.717, 1.165) is 31.4 Å². The maximum absolute atomic E-state index is 12.1. The molecule has 1 aromatic heterocycles. The lowest BCUT2D eigenvalue weighted by Crippen LogP contribution is -2.32. The Hall–Kier alpha value is -1.36. The Bertz CT molecular complexity index is 405. The first kappa shape index (κ1) is 13.1. The van der Waals surface area contributed by atoms with Crippen molar-refractivity contribution in [2.45, 2.75) is 51.6 Å². The van der Waals surface area contributed by atoms with E-state index in [2.05, 4.69) is 24.3 Å². The minimum Gasteiger partial charge on any atom is -0.328 e. The van der Waals surface area contributed by atoms with E-state index in [1.807, 2.05) is 10.9 Å². The summed E-state index contributed by atoms with van der Waals surface area (Å²) in [5.74, 6) is 0.206. The van der Waals surface area contributed by atoms with Crippen LogP contribution in [0.3, 0.4) is 0 Å². The van der Waals surface area contributed by atoms with Gasteiger partial charge in [-0.15, -0.1) is 0 Å². The van der Waals surface area contributed by atoms with Crippen LogP contribution in [0.4, 0.5) is 5.69 Å². The lowest BCUT2D eigenvalue weighted by molar-refractivity contribution is -0.120. The van der Waals surface area contributed by atoms with Crippen molar-refractivity contribution in [3.05, 3.63) is 12.4 Å². The number of anilines is 1. The highest BCUT2D eigenvalue weighted by Crippen LogP contribution is 2.24. The Morgan fingerprint density at radius 3 is 2.67 bits per heavy atom. The summed E-state index contributed by atoms with van der Waals surface area (Å²) in [6.45, 7) is 4.11. The van der Waals surface area contributed by atoms with Crippen molar-refractivity contribution >= 4 is 11.6 Å². The lowest BCUT2D eigenvalue weighted by Gasteiger charge is -2.24. The largest absolute Gasteiger partial charge is 0.328 e. The topological polar surface area (TPSA) is 72.9 Å². The third-order valence-electron chi connectivity index (χ3n) is 3.54. The van der Waals surface area contributed by atoms with Gasteiger partial charge in [0, 0.05) is 24.2 Å². The molecule has 5 heteroatoms. The van der Waals surface area contributed by atoms with Gasteiger partial charge in [0.2, 0.25) is 5.91 Å². The zero-order valence-electron chi connectivity index (χ0n) is 11.1. The summed E-state index contributed by atoms with van der Waals surface area (Å²) in [6, 6.07) is 0.584. The number of nitrogens with two attached hydrogens (primary N) is 1. The molecule has 0 saturated heterocycles. The molecule has 5 nitrogen and oxygen atoms in total. The summed E-state index contributed by atoms with van der Waals surface area (Å²) >= 11 is 0. The molecule has 0 radical (unpaired) electrons. The molecular weight excluding hydrogens is 228 g/mol.